The predicted molar refractivity (Wildman–Crippen MR) is 57.7 cm³/mol. The molecule has 0 aromatic carbocycles. The maximum absolute atomic E-state index is 11.3. The first-order valence-electron chi connectivity index (χ1n) is 5.04. The van der Waals surface area contributed by atoms with Crippen molar-refractivity contribution in [1.82, 2.24) is 9.62 Å². The summed E-state index contributed by atoms with van der Waals surface area (Å²) < 4.78 is 25.1. The minimum Gasteiger partial charge on any atom is -0.297 e. The zero-order chi connectivity index (χ0) is 10.8. The van der Waals surface area contributed by atoms with Gasteiger partial charge in [-0.25, -0.2) is 13.1 Å². The van der Waals surface area contributed by atoms with Crippen LogP contribution in [0.1, 0.15) is 27.2 Å². The molecule has 0 aliphatic carbocycles. The highest BCUT2D eigenvalue weighted by Crippen LogP contribution is 2.14. The molecule has 1 heterocycles. The van der Waals surface area contributed by atoms with Crippen molar-refractivity contribution < 1.29 is 8.42 Å². The van der Waals surface area contributed by atoms with Gasteiger partial charge in [-0.15, -0.1) is 0 Å². The van der Waals surface area contributed by atoms with E-state index in [1.54, 1.807) is 0 Å². The van der Waals surface area contributed by atoms with Crippen LogP contribution in [0.3, 0.4) is 0 Å². The summed E-state index contributed by atoms with van der Waals surface area (Å²) in [5.41, 5.74) is 0.128. The largest absolute Gasteiger partial charge is 0.297 e. The molecule has 14 heavy (non-hydrogen) atoms. The van der Waals surface area contributed by atoms with Crippen LogP contribution in [0, 0.1) is 0 Å². The van der Waals surface area contributed by atoms with Crippen LogP contribution >= 0.6 is 0 Å². The van der Waals surface area contributed by atoms with E-state index >= 15 is 0 Å². The Morgan fingerprint density at radius 3 is 2.43 bits per heavy atom. The molecule has 0 bridgehead atoms. The standard InChI is InChI=1S/C9H20N2O2S/c1-9(2,3)11-6-4-8-14(12,13)10-5-7-11/h10H,4-8H2,1-3H3. The lowest BCUT2D eigenvalue weighted by Crippen LogP contribution is -2.48. The molecular formula is C9H20N2O2S. The summed E-state index contributed by atoms with van der Waals surface area (Å²) in [5, 5.41) is 0. The number of rotatable bonds is 0. The van der Waals surface area contributed by atoms with Crippen LogP contribution in [0.4, 0.5) is 0 Å². The van der Waals surface area contributed by atoms with Crippen LogP contribution in [0.15, 0.2) is 0 Å². The van der Waals surface area contributed by atoms with Crippen LogP contribution < -0.4 is 4.72 Å². The van der Waals surface area contributed by atoms with Gasteiger partial charge in [0.25, 0.3) is 0 Å². The molecule has 0 spiro atoms. The highest BCUT2D eigenvalue weighted by Gasteiger charge is 2.23. The van der Waals surface area contributed by atoms with Crippen molar-refractivity contribution in [2.45, 2.75) is 32.7 Å². The van der Waals surface area contributed by atoms with Gasteiger partial charge in [0.05, 0.1) is 5.75 Å². The van der Waals surface area contributed by atoms with E-state index in [2.05, 4.69) is 30.4 Å². The molecule has 1 rings (SSSR count). The number of nitrogens with zero attached hydrogens (tertiary/aromatic N) is 1. The molecule has 0 unspecified atom stereocenters. The molecule has 1 aliphatic heterocycles. The summed E-state index contributed by atoms with van der Waals surface area (Å²) in [4.78, 5) is 2.31. The Morgan fingerprint density at radius 2 is 1.86 bits per heavy atom. The third-order valence-corrected chi connectivity index (χ3v) is 3.96. The number of hydrogen-bond acceptors (Lipinski definition) is 3. The average molecular weight is 220 g/mol. The lowest BCUT2D eigenvalue weighted by atomic mass is 10.1. The smallest absolute Gasteiger partial charge is 0.211 e. The van der Waals surface area contributed by atoms with E-state index in [1.807, 2.05) is 0 Å². The lowest BCUT2D eigenvalue weighted by molar-refractivity contribution is 0.138. The Balaban J connectivity index is 2.57. The fraction of sp³-hybridized carbons (Fsp3) is 1.00. The van der Waals surface area contributed by atoms with Gasteiger partial charge in [-0.2, -0.15) is 0 Å². The Morgan fingerprint density at radius 1 is 1.21 bits per heavy atom. The van der Waals surface area contributed by atoms with E-state index in [1.165, 1.54) is 0 Å². The molecular weight excluding hydrogens is 200 g/mol. The summed E-state index contributed by atoms with van der Waals surface area (Å²) in [6.45, 7) is 8.65. The van der Waals surface area contributed by atoms with Gasteiger partial charge in [0.2, 0.25) is 10.0 Å². The number of nitrogens with one attached hydrogen (secondary N) is 1. The molecule has 1 N–H and O–H groups in total. The SMILES string of the molecule is CC(C)(C)N1CCCS(=O)(=O)NCC1. The van der Waals surface area contributed by atoms with Crippen LogP contribution in [-0.2, 0) is 10.0 Å². The molecule has 0 aromatic rings. The van der Waals surface area contributed by atoms with Crippen molar-refractivity contribution in [1.29, 1.82) is 0 Å². The summed E-state index contributed by atoms with van der Waals surface area (Å²) in [7, 11) is -2.99. The van der Waals surface area contributed by atoms with Gasteiger partial charge in [0, 0.05) is 18.6 Å². The summed E-state index contributed by atoms with van der Waals surface area (Å²) in [6, 6.07) is 0. The van der Waals surface area contributed by atoms with Crippen LogP contribution in [-0.4, -0.2) is 44.2 Å². The third kappa shape index (κ3) is 3.55. The van der Waals surface area contributed by atoms with Crippen LogP contribution in [0.2, 0.25) is 0 Å². The first-order valence-corrected chi connectivity index (χ1v) is 6.69. The van der Waals surface area contributed by atoms with Crippen molar-refractivity contribution in [3.05, 3.63) is 0 Å². The van der Waals surface area contributed by atoms with Crippen molar-refractivity contribution in [3.63, 3.8) is 0 Å². The Hall–Kier alpha value is -0.130. The molecule has 0 amide bonds. The van der Waals surface area contributed by atoms with Gasteiger partial charge < -0.3 is 0 Å². The normalized spacial score (nSPS) is 25.4. The second-order valence-corrected chi connectivity index (χ2v) is 6.65. The highest BCUT2D eigenvalue weighted by atomic mass is 32.2. The topological polar surface area (TPSA) is 49.4 Å². The van der Waals surface area contributed by atoms with E-state index in [4.69, 9.17) is 0 Å². The quantitative estimate of drug-likeness (QED) is 0.643. The molecule has 84 valence electrons. The summed E-state index contributed by atoms with van der Waals surface area (Å²) >= 11 is 0. The van der Waals surface area contributed by atoms with E-state index in [0.29, 0.717) is 13.0 Å². The molecule has 1 fully saturated rings. The molecule has 0 saturated carbocycles. The average Bonchev–Trinajstić information content (AvgIpc) is 1.95. The number of hydrogen-bond donors (Lipinski definition) is 1. The number of sulfonamides is 1. The van der Waals surface area contributed by atoms with Crippen molar-refractivity contribution in [2.75, 3.05) is 25.4 Å². The van der Waals surface area contributed by atoms with E-state index in [-0.39, 0.29) is 11.3 Å². The van der Waals surface area contributed by atoms with Crippen LogP contribution in [0.25, 0.3) is 0 Å². The zero-order valence-electron chi connectivity index (χ0n) is 9.21. The molecule has 0 atom stereocenters. The minimum absolute atomic E-state index is 0.128. The van der Waals surface area contributed by atoms with E-state index < -0.39 is 10.0 Å². The molecule has 4 nitrogen and oxygen atoms in total. The maximum Gasteiger partial charge on any atom is 0.211 e. The molecule has 5 heteroatoms. The van der Waals surface area contributed by atoms with Gasteiger partial charge in [0.15, 0.2) is 0 Å². The highest BCUT2D eigenvalue weighted by molar-refractivity contribution is 7.89. The second kappa shape index (κ2) is 4.16. The lowest BCUT2D eigenvalue weighted by Gasteiger charge is -2.36. The third-order valence-electron chi connectivity index (χ3n) is 2.49. The fourth-order valence-electron chi connectivity index (χ4n) is 1.64. The zero-order valence-corrected chi connectivity index (χ0v) is 10.0. The maximum atomic E-state index is 11.3. The van der Waals surface area contributed by atoms with Crippen molar-refractivity contribution in [2.24, 2.45) is 0 Å². The van der Waals surface area contributed by atoms with Crippen molar-refractivity contribution >= 4 is 10.0 Å². The summed E-state index contributed by atoms with van der Waals surface area (Å²) in [6.07, 6.45) is 0.715. The van der Waals surface area contributed by atoms with Gasteiger partial charge in [0.1, 0.15) is 0 Å². The first-order chi connectivity index (χ1) is 6.31. The predicted octanol–water partition coefficient (Wildman–Crippen LogP) is 0.410. The van der Waals surface area contributed by atoms with E-state index in [0.717, 1.165) is 13.1 Å². The van der Waals surface area contributed by atoms with Crippen LogP contribution in [0.5, 0.6) is 0 Å². The monoisotopic (exact) mass is 220 g/mol. The molecule has 1 aliphatic rings. The Labute approximate surface area is 86.7 Å². The Kier molecular flexibility index (Phi) is 3.55. The van der Waals surface area contributed by atoms with E-state index in [9.17, 15) is 8.42 Å². The molecule has 1 saturated heterocycles. The molecule has 0 radical (unpaired) electrons. The Bertz CT molecular complexity index is 264. The van der Waals surface area contributed by atoms with Gasteiger partial charge in [-0.3, -0.25) is 4.90 Å². The van der Waals surface area contributed by atoms with Crippen molar-refractivity contribution in [3.8, 4) is 0 Å². The second-order valence-electron chi connectivity index (χ2n) is 4.72. The summed E-state index contributed by atoms with van der Waals surface area (Å²) in [5.74, 6) is 0.250. The molecule has 0 aromatic heterocycles. The fourth-order valence-corrected chi connectivity index (χ4v) is 2.69. The first kappa shape index (κ1) is 11.9. The van der Waals surface area contributed by atoms with Gasteiger partial charge in [-0.05, 0) is 33.7 Å². The van der Waals surface area contributed by atoms with Gasteiger partial charge in [-0.1, -0.05) is 0 Å². The van der Waals surface area contributed by atoms with Gasteiger partial charge >= 0.3 is 0 Å². The minimum atomic E-state index is -2.99.